The smallest absolute Gasteiger partial charge is 0.258 e. The molecule has 0 atom stereocenters. The highest BCUT2D eigenvalue weighted by Crippen LogP contribution is 2.38. The lowest BCUT2D eigenvalue weighted by Crippen LogP contribution is -2.34. The van der Waals surface area contributed by atoms with Crippen LogP contribution in [0.25, 0.3) is 10.8 Å². The van der Waals surface area contributed by atoms with E-state index in [1.165, 1.54) is 0 Å². The third-order valence-corrected chi connectivity index (χ3v) is 3.37. The SMILES string of the molecule is O=C1Nc2ccc3c4c(ccc1c24)C(=O)NC3=O. The Morgan fingerprint density at radius 3 is 1.78 bits per heavy atom. The quantitative estimate of drug-likeness (QED) is 0.679. The zero-order chi connectivity index (χ0) is 12.4. The van der Waals surface area contributed by atoms with Crippen LogP contribution in [0.5, 0.6) is 0 Å². The van der Waals surface area contributed by atoms with E-state index in [2.05, 4.69) is 10.6 Å². The van der Waals surface area contributed by atoms with Gasteiger partial charge in [0.1, 0.15) is 0 Å². The normalized spacial score (nSPS) is 15.9. The Balaban J connectivity index is 2.30. The summed E-state index contributed by atoms with van der Waals surface area (Å²) in [5.74, 6) is -1.04. The molecule has 2 aliphatic rings. The predicted octanol–water partition coefficient (Wildman–Crippen LogP) is 1.29. The van der Waals surface area contributed by atoms with E-state index in [0.29, 0.717) is 33.2 Å². The zero-order valence-corrected chi connectivity index (χ0v) is 9.03. The first-order valence-corrected chi connectivity index (χ1v) is 5.43. The van der Waals surface area contributed by atoms with E-state index in [9.17, 15) is 14.4 Å². The molecule has 0 fully saturated rings. The molecule has 0 aliphatic carbocycles. The van der Waals surface area contributed by atoms with Gasteiger partial charge in [0.2, 0.25) is 0 Å². The fourth-order valence-electron chi connectivity index (χ4n) is 2.59. The van der Waals surface area contributed by atoms with Gasteiger partial charge < -0.3 is 5.32 Å². The Labute approximate surface area is 101 Å². The molecule has 0 unspecified atom stereocenters. The van der Waals surface area contributed by atoms with Crippen molar-refractivity contribution in [3.63, 3.8) is 0 Å². The average molecular weight is 238 g/mol. The molecule has 2 aromatic carbocycles. The molecule has 2 heterocycles. The maximum absolute atomic E-state index is 11.8. The van der Waals surface area contributed by atoms with Crippen molar-refractivity contribution >= 4 is 34.2 Å². The van der Waals surface area contributed by atoms with Crippen molar-refractivity contribution in [2.45, 2.75) is 0 Å². The van der Waals surface area contributed by atoms with E-state index in [1.54, 1.807) is 24.3 Å². The number of nitrogens with one attached hydrogen (secondary N) is 2. The summed E-state index contributed by atoms with van der Waals surface area (Å²) in [4.78, 5) is 35.3. The minimum absolute atomic E-state index is 0.202. The number of hydrogen-bond donors (Lipinski definition) is 2. The van der Waals surface area contributed by atoms with Crippen LogP contribution in [0.1, 0.15) is 31.1 Å². The molecule has 0 aromatic heterocycles. The third kappa shape index (κ3) is 0.901. The number of hydrogen-bond acceptors (Lipinski definition) is 3. The van der Waals surface area contributed by atoms with Crippen molar-refractivity contribution < 1.29 is 14.4 Å². The molecule has 0 radical (unpaired) electrons. The van der Waals surface area contributed by atoms with Gasteiger partial charge in [0.05, 0.1) is 0 Å². The van der Waals surface area contributed by atoms with Gasteiger partial charge in [-0.1, -0.05) is 0 Å². The summed E-state index contributed by atoms with van der Waals surface area (Å²) < 4.78 is 0. The molecule has 2 aliphatic heterocycles. The number of benzene rings is 2. The molecule has 0 bridgehead atoms. The van der Waals surface area contributed by atoms with Crippen LogP contribution in [0.2, 0.25) is 0 Å². The van der Waals surface area contributed by atoms with E-state index in [0.717, 1.165) is 0 Å². The van der Waals surface area contributed by atoms with Crippen LogP contribution < -0.4 is 10.6 Å². The number of amides is 3. The van der Waals surface area contributed by atoms with Gasteiger partial charge in [0, 0.05) is 33.2 Å². The summed E-state index contributed by atoms with van der Waals surface area (Å²) in [6, 6.07) is 6.50. The van der Waals surface area contributed by atoms with E-state index < -0.39 is 11.8 Å². The molecular weight excluding hydrogens is 232 g/mol. The Bertz CT molecular complexity index is 772. The molecule has 0 saturated carbocycles. The number of imide groups is 1. The van der Waals surface area contributed by atoms with Crippen molar-refractivity contribution in [2.75, 3.05) is 5.32 Å². The summed E-state index contributed by atoms with van der Waals surface area (Å²) in [6.45, 7) is 0. The molecule has 5 nitrogen and oxygen atoms in total. The van der Waals surface area contributed by atoms with Crippen LogP contribution in [0.15, 0.2) is 24.3 Å². The van der Waals surface area contributed by atoms with Gasteiger partial charge in [-0.2, -0.15) is 0 Å². The molecule has 5 heteroatoms. The minimum Gasteiger partial charge on any atom is -0.321 e. The first-order chi connectivity index (χ1) is 8.66. The van der Waals surface area contributed by atoms with Gasteiger partial charge >= 0.3 is 0 Å². The van der Waals surface area contributed by atoms with Gasteiger partial charge in [0.25, 0.3) is 17.7 Å². The van der Waals surface area contributed by atoms with Crippen molar-refractivity contribution in [1.29, 1.82) is 0 Å². The lowest BCUT2D eigenvalue weighted by molar-refractivity contribution is 0.0844. The highest BCUT2D eigenvalue weighted by molar-refractivity contribution is 6.33. The van der Waals surface area contributed by atoms with Crippen LogP contribution in [0, 0.1) is 0 Å². The number of anilines is 1. The van der Waals surface area contributed by atoms with Crippen molar-refractivity contribution in [3.8, 4) is 0 Å². The Hall–Kier alpha value is -2.69. The van der Waals surface area contributed by atoms with Gasteiger partial charge in [-0.05, 0) is 24.3 Å². The number of carbonyl (C=O) groups excluding carboxylic acids is 3. The molecule has 0 saturated heterocycles. The van der Waals surface area contributed by atoms with Gasteiger partial charge in [-0.15, -0.1) is 0 Å². The van der Waals surface area contributed by atoms with E-state index >= 15 is 0 Å². The Kier molecular flexibility index (Phi) is 1.43. The van der Waals surface area contributed by atoms with Crippen LogP contribution in [-0.2, 0) is 0 Å². The maximum atomic E-state index is 11.8. The summed E-state index contributed by atoms with van der Waals surface area (Å²) in [5.41, 5.74) is 2.02. The summed E-state index contributed by atoms with van der Waals surface area (Å²) >= 11 is 0. The standard InChI is InChI=1S/C13H6N2O3/c16-11-7-2-1-5-9-6(13(18)15-12(5)17)3-4-8(14-11)10(7)9/h1-4H,(H,14,16)(H,15,17,18). The van der Waals surface area contributed by atoms with Gasteiger partial charge in [0.15, 0.2) is 0 Å². The second kappa shape index (κ2) is 2.76. The highest BCUT2D eigenvalue weighted by Gasteiger charge is 2.31. The molecule has 2 aromatic rings. The van der Waals surface area contributed by atoms with Crippen molar-refractivity contribution in [2.24, 2.45) is 0 Å². The molecule has 4 rings (SSSR count). The summed E-state index contributed by atoms with van der Waals surface area (Å²) in [7, 11) is 0. The Morgan fingerprint density at radius 2 is 1.11 bits per heavy atom. The molecule has 2 N–H and O–H groups in total. The van der Waals surface area contributed by atoms with Gasteiger partial charge in [-0.25, -0.2) is 0 Å². The minimum atomic E-state index is -0.421. The molecule has 3 amide bonds. The third-order valence-electron chi connectivity index (χ3n) is 3.37. The number of rotatable bonds is 0. The lowest BCUT2D eigenvalue weighted by atomic mass is 9.92. The van der Waals surface area contributed by atoms with Crippen LogP contribution in [0.3, 0.4) is 0 Å². The predicted molar refractivity (Wildman–Crippen MR) is 63.7 cm³/mol. The Morgan fingerprint density at radius 1 is 0.611 bits per heavy atom. The van der Waals surface area contributed by atoms with Crippen molar-refractivity contribution in [3.05, 3.63) is 41.0 Å². The van der Waals surface area contributed by atoms with Crippen LogP contribution >= 0.6 is 0 Å². The average Bonchev–Trinajstić information content (AvgIpc) is 2.67. The second-order valence-corrected chi connectivity index (χ2v) is 4.31. The monoisotopic (exact) mass is 238 g/mol. The fourth-order valence-corrected chi connectivity index (χ4v) is 2.59. The topological polar surface area (TPSA) is 75.3 Å². The fraction of sp³-hybridized carbons (Fsp3) is 0. The summed E-state index contributed by atoms with van der Waals surface area (Å²) in [5, 5.41) is 6.24. The molecular formula is C13H6N2O3. The van der Waals surface area contributed by atoms with Crippen LogP contribution in [-0.4, -0.2) is 17.7 Å². The first-order valence-electron chi connectivity index (χ1n) is 5.43. The maximum Gasteiger partial charge on any atom is 0.258 e. The molecule has 0 spiro atoms. The van der Waals surface area contributed by atoms with Crippen LogP contribution in [0.4, 0.5) is 5.69 Å². The summed E-state index contributed by atoms with van der Waals surface area (Å²) in [6.07, 6.45) is 0. The zero-order valence-electron chi connectivity index (χ0n) is 9.03. The molecule has 18 heavy (non-hydrogen) atoms. The largest absolute Gasteiger partial charge is 0.321 e. The van der Waals surface area contributed by atoms with Crippen molar-refractivity contribution in [1.82, 2.24) is 5.32 Å². The first kappa shape index (κ1) is 9.35. The lowest BCUT2D eigenvalue weighted by Gasteiger charge is -2.16. The highest BCUT2D eigenvalue weighted by atomic mass is 16.2. The van der Waals surface area contributed by atoms with Gasteiger partial charge in [-0.3, -0.25) is 19.7 Å². The second-order valence-electron chi connectivity index (χ2n) is 4.31. The number of carbonyl (C=O) groups is 3. The van der Waals surface area contributed by atoms with E-state index in [-0.39, 0.29) is 5.91 Å². The van der Waals surface area contributed by atoms with E-state index in [4.69, 9.17) is 0 Å². The van der Waals surface area contributed by atoms with E-state index in [1.807, 2.05) is 0 Å². The molecule has 86 valence electrons.